The highest BCUT2D eigenvalue weighted by atomic mass is 16.5. The highest BCUT2D eigenvalue weighted by Crippen LogP contribution is 2.44. The summed E-state index contributed by atoms with van der Waals surface area (Å²) >= 11 is 0. The number of carbonyl (C=O) groups excluding carboxylic acids is 1. The Balaban J connectivity index is 1.73. The van der Waals surface area contributed by atoms with Gasteiger partial charge in [-0.25, -0.2) is 0 Å². The van der Waals surface area contributed by atoms with Gasteiger partial charge >= 0.3 is 0 Å². The van der Waals surface area contributed by atoms with E-state index in [0.717, 1.165) is 29.0 Å². The van der Waals surface area contributed by atoms with Gasteiger partial charge < -0.3 is 14.4 Å². The van der Waals surface area contributed by atoms with Crippen LogP contribution in [0.2, 0.25) is 0 Å². The number of hydrogen-bond acceptors (Lipinski definition) is 3. The maximum absolute atomic E-state index is 13.4. The number of ether oxygens (including phenoxy) is 2. The quantitative estimate of drug-likeness (QED) is 0.848. The SMILES string of the molecule is CCC1CN(C(=O)C2c3ccccc3Oc3ccccc32)CCO1. The van der Waals surface area contributed by atoms with E-state index in [1.54, 1.807) is 0 Å². The Labute approximate surface area is 142 Å². The van der Waals surface area contributed by atoms with E-state index < -0.39 is 0 Å². The van der Waals surface area contributed by atoms with Crippen molar-refractivity contribution in [3.8, 4) is 11.5 Å². The lowest BCUT2D eigenvalue weighted by molar-refractivity contribution is -0.139. The average molecular weight is 323 g/mol. The van der Waals surface area contributed by atoms with Crippen LogP contribution < -0.4 is 4.74 Å². The molecule has 2 aliphatic heterocycles. The molecule has 0 spiro atoms. The second kappa shape index (κ2) is 6.29. The van der Waals surface area contributed by atoms with Gasteiger partial charge in [-0.1, -0.05) is 43.3 Å². The van der Waals surface area contributed by atoms with Crippen LogP contribution in [-0.2, 0) is 9.53 Å². The van der Waals surface area contributed by atoms with Gasteiger partial charge in [-0.2, -0.15) is 0 Å². The van der Waals surface area contributed by atoms with Crippen LogP contribution in [0.3, 0.4) is 0 Å². The third-order valence-electron chi connectivity index (χ3n) is 4.83. The lowest BCUT2D eigenvalue weighted by Gasteiger charge is -2.36. The summed E-state index contributed by atoms with van der Waals surface area (Å²) in [5.41, 5.74) is 1.89. The highest BCUT2D eigenvalue weighted by Gasteiger charge is 2.36. The summed E-state index contributed by atoms with van der Waals surface area (Å²) in [6.45, 7) is 4.02. The molecule has 0 bridgehead atoms. The van der Waals surface area contributed by atoms with E-state index in [4.69, 9.17) is 9.47 Å². The summed E-state index contributed by atoms with van der Waals surface area (Å²) in [5, 5.41) is 0. The second-order valence-corrected chi connectivity index (χ2v) is 6.30. The Bertz CT molecular complexity index is 713. The van der Waals surface area contributed by atoms with Crippen LogP contribution in [0.1, 0.15) is 30.4 Å². The molecule has 124 valence electrons. The number of fused-ring (bicyclic) bond motifs is 2. The number of rotatable bonds is 2. The van der Waals surface area contributed by atoms with Crippen LogP contribution in [0.5, 0.6) is 11.5 Å². The van der Waals surface area contributed by atoms with E-state index >= 15 is 0 Å². The predicted molar refractivity (Wildman–Crippen MR) is 91.4 cm³/mol. The molecule has 2 aliphatic rings. The predicted octanol–water partition coefficient (Wildman–Crippen LogP) is 3.56. The minimum absolute atomic E-state index is 0.132. The van der Waals surface area contributed by atoms with Gasteiger partial charge in [0.05, 0.1) is 18.6 Å². The molecule has 0 aromatic heterocycles. The van der Waals surface area contributed by atoms with E-state index in [-0.39, 0.29) is 17.9 Å². The Morgan fingerprint density at radius 1 is 1.08 bits per heavy atom. The second-order valence-electron chi connectivity index (χ2n) is 6.30. The molecule has 0 N–H and O–H groups in total. The van der Waals surface area contributed by atoms with Crippen LogP contribution in [-0.4, -0.2) is 36.6 Å². The van der Waals surface area contributed by atoms with E-state index in [1.165, 1.54) is 0 Å². The summed E-state index contributed by atoms with van der Waals surface area (Å²) in [6.07, 6.45) is 1.05. The van der Waals surface area contributed by atoms with Crippen molar-refractivity contribution in [1.82, 2.24) is 4.90 Å². The molecule has 4 heteroatoms. The fraction of sp³-hybridized carbons (Fsp3) is 0.350. The van der Waals surface area contributed by atoms with Crippen molar-refractivity contribution in [1.29, 1.82) is 0 Å². The first-order valence-electron chi connectivity index (χ1n) is 8.54. The molecule has 4 rings (SSSR count). The van der Waals surface area contributed by atoms with E-state index in [2.05, 4.69) is 6.92 Å². The Morgan fingerprint density at radius 3 is 2.33 bits per heavy atom. The van der Waals surface area contributed by atoms with Crippen LogP contribution in [0.15, 0.2) is 48.5 Å². The monoisotopic (exact) mass is 323 g/mol. The zero-order chi connectivity index (χ0) is 16.5. The van der Waals surface area contributed by atoms with E-state index in [9.17, 15) is 4.79 Å². The standard InChI is InChI=1S/C20H21NO3/c1-2-14-13-21(11-12-23-14)20(22)19-15-7-3-5-9-17(15)24-18-10-6-4-8-16(18)19/h3-10,14,19H,2,11-13H2,1H3. The Hall–Kier alpha value is -2.33. The summed E-state index contributed by atoms with van der Waals surface area (Å²) in [7, 11) is 0. The average Bonchev–Trinajstić information content (AvgIpc) is 2.65. The summed E-state index contributed by atoms with van der Waals surface area (Å²) in [5.74, 6) is 1.38. The summed E-state index contributed by atoms with van der Waals surface area (Å²) < 4.78 is 11.7. The molecule has 2 aromatic carbocycles. The lowest BCUT2D eigenvalue weighted by atomic mass is 9.86. The molecule has 0 saturated carbocycles. The maximum Gasteiger partial charge on any atom is 0.235 e. The van der Waals surface area contributed by atoms with Gasteiger partial charge in [-0.3, -0.25) is 4.79 Å². The van der Waals surface area contributed by atoms with E-state index in [0.29, 0.717) is 19.7 Å². The maximum atomic E-state index is 13.4. The molecular weight excluding hydrogens is 302 g/mol. The molecule has 4 nitrogen and oxygen atoms in total. The Kier molecular flexibility index (Phi) is 3.98. The van der Waals surface area contributed by atoms with Gasteiger partial charge in [-0.05, 0) is 18.6 Å². The van der Waals surface area contributed by atoms with Gasteiger partial charge in [0.15, 0.2) is 0 Å². The van der Waals surface area contributed by atoms with Gasteiger partial charge in [0, 0.05) is 24.2 Å². The molecule has 0 radical (unpaired) electrons. The van der Waals surface area contributed by atoms with Crippen molar-refractivity contribution in [2.45, 2.75) is 25.4 Å². The first-order chi connectivity index (χ1) is 11.8. The molecule has 0 aliphatic carbocycles. The van der Waals surface area contributed by atoms with Crippen molar-refractivity contribution in [2.75, 3.05) is 19.7 Å². The van der Waals surface area contributed by atoms with Gasteiger partial charge in [-0.15, -0.1) is 0 Å². The summed E-state index contributed by atoms with van der Waals surface area (Å²) in [4.78, 5) is 15.3. The molecule has 1 amide bonds. The third kappa shape index (κ3) is 2.57. The highest BCUT2D eigenvalue weighted by molar-refractivity contribution is 5.89. The van der Waals surface area contributed by atoms with Gasteiger partial charge in [0.25, 0.3) is 0 Å². The fourth-order valence-electron chi connectivity index (χ4n) is 3.53. The number of para-hydroxylation sites is 2. The van der Waals surface area contributed by atoms with Crippen molar-refractivity contribution in [2.24, 2.45) is 0 Å². The zero-order valence-electron chi connectivity index (χ0n) is 13.8. The van der Waals surface area contributed by atoms with E-state index in [1.807, 2.05) is 53.4 Å². The third-order valence-corrected chi connectivity index (χ3v) is 4.83. The van der Waals surface area contributed by atoms with Crippen LogP contribution in [0.4, 0.5) is 0 Å². The smallest absolute Gasteiger partial charge is 0.235 e. The molecular formula is C20H21NO3. The van der Waals surface area contributed by atoms with Crippen LogP contribution in [0, 0.1) is 0 Å². The fourth-order valence-corrected chi connectivity index (χ4v) is 3.53. The first kappa shape index (κ1) is 15.2. The van der Waals surface area contributed by atoms with Crippen molar-refractivity contribution in [3.05, 3.63) is 59.7 Å². The molecule has 1 saturated heterocycles. The lowest BCUT2D eigenvalue weighted by Crippen LogP contribution is -2.47. The molecule has 1 atom stereocenters. The molecule has 24 heavy (non-hydrogen) atoms. The molecule has 1 fully saturated rings. The zero-order valence-corrected chi connectivity index (χ0v) is 13.8. The van der Waals surface area contributed by atoms with Gasteiger partial charge in [0.2, 0.25) is 5.91 Å². The first-order valence-corrected chi connectivity index (χ1v) is 8.54. The topological polar surface area (TPSA) is 38.8 Å². The van der Waals surface area contributed by atoms with Crippen molar-refractivity contribution < 1.29 is 14.3 Å². The van der Waals surface area contributed by atoms with Crippen LogP contribution >= 0.6 is 0 Å². The largest absolute Gasteiger partial charge is 0.457 e. The molecule has 2 heterocycles. The number of morpholine rings is 1. The van der Waals surface area contributed by atoms with Crippen molar-refractivity contribution in [3.63, 3.8) is 0 Å². The van der Waals surface area contributed by atoms with Crippen LogP contribution in [0.25, 0.3) is 0 Å². The number of carbonyl (C=O) groups is 1. The normalized spacial score (nSPS) is 20.0. The van der Waals surface area contributed by atoms with Gasteiger partial charge in [0.1, 0.15) is 11.5 Å². The number of hydrogen-bond donors (Lipinski definition) is 0. The minimum atomic E-state index is -0.304. The van der Waals surface area contributed by atoms with Crippen molar-refractivity contribution >= 4 is 5.91 Å². The number of amides is 1. The minimum Gasteiger partial charge on any atom is -0.457 e. The number of benzene rings is 2. The summed E-state index contributed by atoms with van der Waals surface area (Å²) in [6, 6.07) is 15.7. The molecule has 2 aromatic rings. The Morgan fingerprint density at radius 2 is 1.71 bits per heavy atom. The molecule has 1 unspecified atom stereocenters. The number of nitrogens with zero attached hydrogens (tertiary/aromatic N) is 1.